The van der Waals surface area contributed by atoms with E-state index in [1.54, 1.807) is 38.3 Å². The Bertz CT molecular complexity index is 1110. The molecule has 3 aliphatic rings. The Morgan fingerprint density at radius 3 is 2.27 bits per heavy atom. The van der Waals surface area contributed by atoms with E-state index >= 15 is 0 Å². The standard InChI is InChI=1S/C29H40N4O7/c1-17(31-27(37)20-14-24(34)30-15-20)26(36)33-23(13-19-8-10-21(39-3)11-9-19)28(38)32-22(12-18-6-4-5-7-18)25(35)29(2)16-40-29/h8-11,17-18,20,22-23H,4-7,12-16H2,1-3H3,(H,30,34)(H,31,37)(H,32,38)(H,33,36). The van der Waals surface area contributed by atoms with E-state index < -0.39 is 47.4 Å². The molecule has 0 bridgehead atoms. The summed E-state index contributed by atoms with van der Waals surface area (Å²) in [6.45, 7) is 3.81. The van der Waals surface area contributed by atoms with Gasteiger partial charge in [0, 0.05) is 19.4 Å². The molecular formula is C29H40N4O7. The molecule has 2 saturated heterocycles. The molecule has 1 saturated carbocycles. The second kappa shape index (κ2) is 12.8. The van der Waals surface area contributed by atoms with Crippen LogP contribution in [0.4, 0.5) is 0 Å². The van der Waals surface area contributed by atoms with Gasteiger partial charge in [0.15, 0.2) is 5.78 Å². The van der Waals surface area contributed by atoms with Gasteiger partial charge in [-0.15, -0.1) is 0 Å². The van der Waals surface area contributed by atoms with E-state index in [9.17, 15) is 24.0 Å². The Balaban J connectivity index is 1.46. The predicted octanol–water partition coefficient (Wildman–Crippen LogP) is 0.786. The van der Waals surface area contributed by atoms with Crippen LogP contribution in [0.5, 0.6) is 5.75 Å². The number of ketones is 1. The van der Waals surface area contributed by atoms with Gasteiger partial charge in [0.1, 0.15) is 23.4 Å². The average molecular weight is 557 g/mol. The van der Waals surface area contributed by atoms with Crippen LogP contribution in [0.1, 0.15) is 57.9 Å². The average Bonchev–Trinajstić information content (AvgIpc) is 3.28. The van der Waals surface area contributed by atoms with Crippen LogP contribution in [0.25, 0.3) is 0 Å². The topological polar surface area (TPSA) is 155 Å². The molecule has 218 valence electrons. The minimum Gasteiger partial charge on any atom is -0.497 e. The number of amides is 4. The van der Waals surface area contributed by atoms with E-state index in [2.05, 4.69) is 21.3 Å². The summed E-state index contributed by atoms with van der Waals surface area (Å²) in [5.41, 5.74) is -0.106. The predicted molar refractivity (Wildman–Crippen MR) is 145 cm³/mol. The lowest BCUT2D eigenvalue weighted by molar-refractivity contribution is -0.134. The minimum atomic E-state index is -0.998. The van der Waals surface area contributed by atoms with E-state index in [-0.39, 0.29) is 31.1 Å². The molecular weight excluding hydrogens is 516 g/mol. The van der Waals surface area contributed by atoms with Crippen LogP contribution in [-0.4, -0.2) is 73.4 Å². The van der Waals surface area contributed by atoms with E-state index in [1.165, 1.54) is 6.92 Å². The molecule has 0 spiro atoms. The van der Waals surface area contributed by atoms with Gasteiger partial charge in [0.05, 0.1) is 25.7 Å². The van der Waals surface area contributed by atoms with Crippen LogP contribution in [0.15, 0.2) is 24.3 Å². The fourth-order valence-electron chi connectivity index (χ4n) is 5.39. The molecule has 0 aromatic heterocycles. The van der Waals surface area contributed by atoms with E-state index in [0.717, 1.165) is 31.2 Å². The molecule has 3 fully saturated rings. The molecule has 2 aliphatic heterocycles. The molecule has 11 nitrogen and oxygen atoms in total. The van der Waals surface area contributed by atoms with Crippen LogP contribution >= 0.6 is 0 Å². The SMILES string of the molecule is COc1ccc(CC(NC(=O)C(C)NC(=O)C2CNC(=O)C2)C(=O)NC(CC2CCCC2)C(=O)C2(C)CO2)cc1. The van der Waals surface area contributed by atoms with Crippen molar-refractivity contribution < 1.29 is 33.4 Å². The summed E-state index contributed by atoms with van der Waals surface area (Å²) >= 11 is 0. The lowest BCUT2D eigenvalue weighted by atomic mass is 9.90. The van der Waals surface area contributed by atoms with Gasteiger partial charge >= 0.3 is 0 Å². The molecule has 5 atom stereocenters. The molecule has 11 heteroatoms. The summed E-state index contributed by atoms with van der Waals surface area (Å²) in [4.78, 5) is 64.1. The maximum Gasteiger partial charge on any atom is 0.243 e. The Morgan fingerprint density at radius 1 is 1.05 bits per heavy atom. The van der Waals surface area contributed by atoms with E-state index in [0.29, 0.717) is 24.7 Å². The van der Waals surface area contributed by atoms with Crippen LogP contribution in [0.3, 0.4) is 0 Å². The highest BCUT2D eigenvalue weighted by molar-refractivity contribution is 5.98. The number of hydrogen-bond donors (Lipinski definition) is 4. The molecule has 5 unspecified atom stereocenters. The number of carbonyl (C=O) groups excluding carboxylic acids is 5. The largest absolute Gasteiger partial charge is 0.497 e. The Morgan fingerprint density at radius 2 is 1.70 bits per heavy atom. The van der Waals surface area contributed by atoms with E-state index in [1.807, 2.05) is 0 Å². The van der Waals surface area contributed by atoms with Gasteiger partial charge in [-0.3, -0.25) is 24.0 Å². The number of ether oxygens (including phenoxy) is 2. The molecule has 2 heterocycles. The third kappa shape index (κ3) is 7.59. The zero-order valence-electron chi connectivity index (χ0n) is 23.4. The Kier molecular flexibility index (Phi) is 9.44. The molecule has 1 aromatic carbocycles. The summed E-state index contributed by atoms with van der Waals surface area (Å²) in [7, 11) is 1.56. The third-order valence-electron chi connectivity index (χ3n) is 8.11. The van der Waals surface area contributed by atoms with Crippen molar-refractivity contribution in [2.24, 2.45) is 11.8 Å². The highest BCUT2D eigenvalue weighted by Gasteiger charge is 2.50. The monoisotopic (exact) mass is 556 g/mol. The smallest absolute Gasteiger partial charge is 0.243 e. The van der Waals surface area contributed by atoms with Crippen LogP contribution < -0.4 is 26.0 Å². The number of hydrogen-bond acceptors (Lipinski definition) is 7. The number of methoxy groups -OCH3 is 1. The number of benzene rings is 1. The summed E-state index contributed by atoms with van der Waals surface area (Å²) in [6, 6.07) is 4.49. The van der Waals surface area contributed by atoms with Crippen LogP contribution in [0.2, 0.25) is 0 Å². The first kappa shape index (κ1) is 29.5. The maximum absolute atomic E-state index is 13.7. The first-order chi connectivity index (χ1) is 19.1. The number of nitrogens with one attached hydrogen (secondary N) is 4. The molecule has 0 radical (unpaired) electrons. The highest BCUT2D eigenvalue weighted by Crippen LogP contribution is 2.33. The van der Waals surface area contributed by atoms with Gasteiger partial charge in [-0.2, -0.15) is 0 Å². The molecule has 40 heavy (non-hydrogen) atoms. The number of Topliss-reactive ketones (excluding diaryl/α,β-unsaturated/α-hetero) is 1. The lowest BCUT2D eigenvalue weighted by Crippen LogP contribution is -2.57. The number of carbonyl (C=O) groups is 5. The summed E-state index contributed by atoms with van der Waals surface area (Å²) < 4.78 is 10.6. The lowest BCUT2D eigenvalue weighted by Gasteiger charge is -2.26. The van der Waals surface area contributed by atoms with Gasteiger partial charge in [-0.1, -0.05) is 37.8 Å². The van der Waals surface area contributed by atoms with Crippen molar-refractivity contribution in [3.05, 3.63) is 29.8 Å². The second-order valence-corrected chi connectivity index (χ2v) is 11.4. The van der Waals surface area contributed by atoms with Crippen molar-refractivity contribution in [3.63, 3.8) is 0 Å². The van der Waals surface area contributed by atoms with Crippen molar-refractivity contribution in [3.8, 4) is 5.75 Å². The number of epoxide rings is 1. The molecule has 4 N–H and O–H groups in total. The fraction of sp³-hybridized carbons (Fsp3) is 0.621. The van der Waals surface area contributed by atoms with Crippen LogP contribution in [-0.2, 0) is 35.1 Å². The Hall–Kier alpha value is -3.47. The second-order valence-electron chi connectivity index (χ2n) is 11.4. The van der Waals surface area contributed by atoms with Gasteiger partial charge < -0.3 is 30.7 Å². The molecule has 1 aromatic rings. The Labute approximate surface area is 234 Å². The van der Waals surface area contributed by atoms with Gasteiger partial charge in [0.2, 0.25) is 23.6 Å². The maximum atomic E-state index is 13.7. The fourth-order valence-corrected chi connectivity index (χ4v) is 5.39. The van der Waals surface area contributed by atoms with E-state index in [4.69, 9.17) is 9.47 Å². The van der Waals surface area contributed by atoms with Crippen molar-refractivity contribution >= 4 is 29.4 Å². The zero-order chi connectivity index (χ0) is 28.9. The quantitative estimate of drug-likeness (QED) is 0.262. The number of rotatable bonds is 13. The third-order valence-corrected chi connectivity index (χ3v) is 8.11. The highest BCUT2D eigenvalue weighted by atomic mass is 16.6. The van der Waals surface area contributed by atoms with Gasteiger partial charge in [-0.25, -0.2) is 0 Å². The summed E-state index contributed by atoms with van der Waals surface area (Å²) in [5.74, 6) is -1.33. The van der Waals surface area contributed by atoms with Crippen LogP contribution in [0, 0.1) is 11.8 Å². The van der Waals surface area contributed by atoms with Gasteiger partial charge in [0.25, 0.3) is 0 Å². The first-order valence-corrected chi connectivity index (χ1v) is 14.1. The van der Waals surface area contributed by atoms with Crippen molar-refractivity contribution in [2.75, 3.05) is 20.3 Å². The van der Waals surface area contributed by atoms with Crippen molar-refractivity contribution in [1.29, 1.82) is 0 Å². The molecule has 1 aliphatic carbocycles. The first-order valence-electron chi connectivity index (χ1n) is 14.1. The van der Waals surface area contributed by atoms with Crippen molar-refractivity contribution in [2.45, 2.75) is 82.5 Å². The van der Waals surface area contributed by atoms with Gasteiger partial charge in [-0.05, 0) is 43.9 Å². The van der Waals surface area contributed by atoms with Crippen molar-refractivity contribution in [1.82, 2.24) is 21.3 Å². The zero-order valence-corrected chi connectivity index (χ0v) is 23.4. The molecule has 4 rings (SSSR count). The summed E-state index contributed by atoms with van der Waals surface area (Å²) in [5, 5.41) is 10.9. The molecule has 4 amide bonds. The summed E-state index contributed by atoms with van der Waals surface area (Å²) in [6.07, 6.45) is 5.03. The minimum absolute atomic E-state index is 0.0711. The normalized spacial score (nSPS) is 24.4.